The van der Waals surface area contributed by atoms with Crippen molar-refractivity contribution in [1.82, 2.24) is 15.5 Å². The van der Waals surface area contributed by atoms with E-state index in [1.54, 1.807) is 14.2 Å². The number of ether oxygens (including phenoxy) is 3. The minimum atomic E-state index is 0.0311. The fourth-order valence-electron chi connectivity index (χ4n) is 3.07. The SMILES string of the molecule is CCNC(=NCc1ccc(OC)c(OC)c1)NCC(C)(C)N1CCOCC1. The third-order valence-electron chi connectivity index (χ3n) is 4.77. The van der Waals surface area contributed by atoms with Crippen molar-refractivity contribution in [3.8, 4) is 11.5 Å². The Morgan fingerprint density at radius 2 is 1.85 bits per heavy atom. The molecule has 0 atom stereocenters. The summed E-state index contributed by atoms with van der Waals surface area (Å²) >= 11 is 0. The lowest BCUT2D eigenvalue weighted by atomic mass is 10.0. The molecular weight excluding hydrogens is 344 g/mol. The summed E-state index contributed by atoms with van der Waals surface area (Å²) in [6.45, 7) is 12.3. The van der Waals surface area contributed by atoms with E-state index in [0.717, 1.165) is 62.4 Å². The maximum atomic E-state index is 5.46. The molecule has 1 fully saturated rings. The number of benzene rings is 1. The molecule has 0 unspecified atom stereocenters. The minimum Gasteiger partial charge on any atom is -0.493 e. The van der Waals surface area contributed by atoms with Gasteiger partial charge in [-0.2, -0.15) is 0 Å². The Morgan fingerprint density at radius 3 is 2.48 bits per heavy atom. The van der Waals surface area contributed by atoms with Gasteiger partial charge in [0.1, 0.15) is 0 Å². The maximum Gasteiger partial charge on any atom is 0.191 e. The molecule has 0 saturated carbocycles. The van der Waals surface area contributed by atoms with Gasteiger partial charge in [-0.15, -0.1) is 0 Å². The van der Waals surface area contributed by atoms with Crippen molar-refractivity contribution in [1.29, 1.82) is 0 Å². The zero-order chi connectivity index (χ0) is 19.7. The highest BCUT2D eigenvalue weighted by atomic mass is 16.5. The molecule has 1 aliphatic rings. The van der Waals surface area contributed by atoms with Crippen LogP contribution in [0.25, 0.3) is 0 Å². The van der Waals surface area contributed by atoms with Crippen LogP contribution in [-0.2, 0) is 11.3 Å². The number of guanidine groups is 1. The molecule has 2 rings (SSSR count). The van der Waals surface area contributed by atoms with E-state index in [9.17, 15) is 0 Å². The Labute approximate surface area is 163 Å². The summed E-state index contributed by atoms with van der Waals surface area (Å²) in [5.41, 5.74) is 1.10. The van der Waals surface area contributed by atoms with Crippen LogP contribution in [0.2, 0.25) is 0 Å². The molecule has 1 aliphatic heterocycles. The zero-order valence-corrected chi connectivity index (χ0v) is 17.3. The highest BCUT2D eigenvalue weighted by Gasteiger charge is 2.28. The molecule has 1 aromatic carbocycles. The Balaban J connectivity index is 1.99. The highest BCUT2D eigenvalue weighted by molar-refractivity contribution is 5.79. The van der Waals surface area contributed by atoms with Crippen molar-refractivity contribution in [3.63, 3.8) is 0 Å². The summed E-state index contributed by atoms with van der Waals surface area (Å²) in [5.74, 6) is 2.26. The Kier molecular flexibility index (Phi) is 8.19. The molecule has 0 amide bonds. The van der Waals surface area contributed by atoms with Gasteiger partial charge in [-0.25, -0.2) is 4.99 Å². The van der Waals surface area contributed by atoms with Gasteiger partial charge in [0.25, 0.3) is 0 Å². The first-order valence-electron chi connectivity index (χ1n) is 9.56. The van der Waals surface area contributed by atoms with Gasteiger partial charge < -0.3 is 24.8 Å². The van der Waals surface area contributed by atoms with Gasteiger partial charge >= 0.3 is 0 Å². The quantitative estimate of drug-likeness (QED) is 0.532. The molecular formula is C20H34N4O3. The average Bonchev–Trinajstić information content (AvgIpc) is 2.70. The van der Waals surface area contributed by atoms with Crippen LogP contribution >= 0.6 is 0 Å². The van der Waals surface area contributed by atoms with Crippen LogP contribution in [0.3, 0.4) is 0 Å². The van der Waals surface area contributed by atoms with Gasteiger partial charge in [0.15, 0.2) is 17.5 Å². The van der Waals surface area contributed by atoms with Crippen molar-refractivity contribution in [2.24, 2.45) is 4.99 Å². The van der Waals surface area contributed by atoms with E-state index in [4.69, 9.17) is 19.2 Å². The second-order valence-electron chi connectivity index (χ2n) is 7.15. The molecule has 1 heterocycles. The number of nitrogens with zero attached hydrogens (tertiary/aromatic N) is 2. The van der Waals surface area contributed by atoms with Crippen molar-refractivity contribution in [2.45, 2.75) is 32.9 Å². The molecule has 27 heavy (non-hydrogen) atoms. The third-order valence-corrected chi connectivity index (χ3v) is 4.77. The van der Waals surface area contributed by atoms with Crippen LogP contribution in [0.4, 0.5) is 0 Å². The summed E-state index contributed by atoms with van der Waals surface area (Å²) in [6, 6.07) is 5.88. The van der Waals surface area contributed by atoms with Gasteiger partial charge in [-0.1, -0.05) is 6.07 Å². The molecule has 0 spiro atoms. The lowest BCUT2D eigenvalue weighted by molar-refractivity contribution is -0.00834. The van der Waals surface area contributed by atoms with Gasteiger partial charge in [0.05, 0.1) is 34.0 Å². The van der Waals surface area contributed by atoms with Crippen molar-refractivity contribution < 1.29 is 14.2 Å². The normalized spacial score (nSPS) is 16.1. The molecule has 152 valence electrons. The number of hydrogen-bond donors (Lipinski definition) is 2. The topological polar surface area (TPSA) is 67.4 Å². The summed E-state index contributed by atoms with van der Waals surface area (Å²) in [6.07, 6.45) is 0. The van der Waals surface area contributed by atoms with E-state index in [1.807, 2.05) is 18.2 Å². The number of methoxy groups -OCH3 is 2. The van der Waals surface area contributed by atoms with Crippen LogP contribution in [0, 0.1) is 0 Å². The van der Waals surface area contributed by atoms with E-state index in [0.29, 0.717) is 6.54 Å². The second-order valence-corrected chi connectivity index (χ2v) is 7.15. The average molecular weight is 379 g/mol. The predicted octanol–water partition coefficient (Wildman–Crippen LogP) is 1.87. The van der Waals surface area contributed by atoms with Crippen molar-refractivity contribution in [2.75, 3.05) is 53.6 Å². The zero-order valence-electron chi connectivity index (χ0n) is 17.3. The van der Waals surface area contributed by atoms with Crippen molar-refractivity contribution in [3.05, 3.63) is 23.8 Å². The smallest absolute Gasteiger partial charge is 0.191 e. The summed E-state index contributed by atoms with van der Waals surface area (Å²) < 4.78 is 16.1. The van der Waals surface area contributed by atoms with E-state index in [-0.39, 0.29) is 5.54 Å². The molecule has 0 aliphatic carbocycles. The van der Waals surface area contributed by atoms with Crippen LogP contribution in [-0.4, -0.2) is 70.0 Å². The van der Waals surface area contributed by atoms with Crippen LogP contribution in [0.1, 0.15) is 26.3 Å². The van der Waals surface area contributed by atoms with Crippen LogP contribution in [0.15, 0.2) is 23.2 Å². The van der Waals surface area contributed by atoms with Gasteiger partial charge in [0, 0.05) is 31.7 Å². The standard InChI is InChI=1S/C20H34N4O3/c1-6-21-19(23-15-20(2,3)24-9-11-27-12-10-24)22-14-16-7-8-17(25-4)18(13-16)26-5/h7-8,13H,6,9-12,14-15H2,1-5H3,(H2,21,22,23). The fourth-order valence-corrected chi connectivity index (χ4v) is 3.07. The summed E-state index contributed by atoms with van der Waals surface area (Å²) in [4.78, 5) is 7.18. The highest BCUT2D eigenvalue weighted by Crippen LogP contribution is 2.27. The molecule has 7 heteroatoms. The molecule has 0 bridgehead atoms. The van der Waals surface area contributed by atoms with Crippen LogP contribution < -0.4 is 20.1 Å². The van der Waals surface area contributed by atoms with Gasteiger partial charge in [0.2, 0.25) is 0 Å². The van der Waals surface area contributed by atoms with E-state index in [1.165, 1.54) is 0 Å². The predicted molar refractivity (Wildman–Crippen MR) is 109 cm³/mol. The third kappa shape index (κ3) is 6.29. The van der Waals surface area contributed by atoms with E-state index >= 15 is 0 Å². The fraction of sp³-hybridized carbons (Fsp3) is 0.650. The summed E-state index contributed by atoms with van der Waals surface area (Å²) in [7, 11) is 3.28. The molecule has 0 radical (unpaired) electrons. The molecule has 7 nitrogen and oxygen atoms in total. The number of rotatable bonds is 8. The maximum absolute atomic E-state index is 5.46. The first kappa shape index (κ1) is 21.3. The first-order chi connectivity index (χ1) is 13.0. The Hall–Kier alpha value is -1.99. The summed E-state index contributed by atoms with van der Waals surface area (Å²) in [5, 5.41) is 6.80. The van der Waals surface area contributed by atoms with Crippen molar-refractivity contribution >= 4 is 5.96 Å². The number of nitrogens with one attached hydrogen (secondary N) is 2. The largest absolute Gasteiger partial charge is 0.493 e. The second kappa shape index (κ2) is 10.4. The Bertz CT molecular complexity index is 613. The number of morpholine rings is 1. The molecule has 0 aromatic heterocycles. The minimum absolute atomic E-state index is 0.0311. The van der Waals surface area contributed by atoms with E-state index in [2.05, 4.69) is 36.3 Å². The van der Waals surface area contributed by atoms with Crippen LogP contribution in [0.5, 0.6) is 11.5 Å². The molecule has 1 aromatic rings. The van der Waals surface area contributed by atoms with Gasteiger partial charge in [-0.3, -0.25) is 4.90 Å². The number of aliphatic imine (C=N–C) groups is 1. The van der Waals surface area contributed by atoms with Gasteiger partial charge in [-0.05, 0) is 38.5 Å². The lowest BCUT2D eigenvalue weighted by Crippen LogP contribution is -2.56. The lowest BCUT2D eigenvalue weighted by Gasteiger charge is -2.41. The molecule has 2 N–H and O–H groups in total. The monoisotopic (exact) mass is 378 g/mol. The Morgan fingerprint density at radius 1 is 1.15 bits per heavy atom. The molecule has 1 saturated heterocycles. The van der Waals surface area contributed by atoms with E-state index < -0.39 is 0 Å². The first-order valence-corrected chi connectivity index (χ1v) is 9.56. The number of hydrogen-bond acceptors (Lipinski definition) is 5.